The summed E-state index contributed by atoms with van der Waals surface area (Å²) in [7, 11) is 0. The third kappa shape index (κ3) is 3.98. The Balaban J connectivity index is 1.34. The van der Waals surface area contributed by atoms with E-state index < -0.39 is 5.97 Å². The molecule has 3 aliphatic rings. The van der Waals surface area contributed by atoms with Gasteiger partial charge in [-0.15, -0.1) is 0 Å². The molecule has 0 aromatic carbocycles. The summed E-state index contributed by atoms with van der Waals surface area (Å²) in [5, 5.41) is 5.27. The average Bonchev–Trinajstić information content (AvgIpc) is 3.47. The Bertz CT molecular complexity index is 1090. The van der Waals surface area contributed by atoms with Crippen molar-refractivity contribution in [3.05, 3.63) is 39.8 Å². The number of esters is 1. The molecule has 5 rings (SSSR count). The Kier molecular flexibility index (Phi) is 5.80. The van der Waals surface area contributed by atoms with Gasteiger partial charge in [0.15, 0.2) is 5.69 Å². The highest BCUT2D eigenvalue weighted by Gasteiger charge is 2.53. The number of hydrogen-bond acceptors (Lipinski definition) is 6. The zero-order chi connectivity index (χ0) is 23.2. The molecule has 2 aromatic heterocycles. The van der Waals surface area contributed by atoms with Crippen LogP contribution < -0.4 is 4.90 Å². The quantitative estimate of drug-likeness (QED) is 0.623. The van der Waals surface area contributed by atoms with Gasteiger partial charge in [-0.2, -0.15) is 5.10 Å². The first kappa shape index (κ1) is 22.2. The molecule has 0 bridgehead atoms. The van der Waals surface area contributed by atoms with Gasteiger partial charge >= 0.3 is 5.97 Å². The van der Waals surface area contributed by atoms with Crippen LogP contribution >= 0.6 is 11.6 Å². The molecule has 0 unspecified atom stereocenters. The molecule has 1 spiro atoms. The van der Waals surface area contributed by atoms with Crippen LogP contribution in [0.1, 0.15) is 59.9 Å². The van der Waals surface area contributed by atoms with Crippen LogP contribution in [0.25, 0.3) is 0 Å². The van der Waals surface area contributed by atoms with Crippen molar-refractivity contribution >= 4 is 29.3 Å². The van der Waals surface area contributed by atoms with Crippen molar-refractivity contribution in [1.82, 2.24) is 19.7 Å². The highest BCUT2D eigenvalue weighted by Crippen LogP contribution is 2.45. The van der Waals surface area contributed by atoms with E-state index in [-0.39, 0.29) is 18.0 Å². The summed E-state index contributed by atoms with van der Waals surface area (Å²) in [4.78, 5) is 34.8. The third-order valence-corrected chi connectivity index (χ3v) is 7.61. The molecule has 2 aromatic rings. The van der Waals surface area contributed by atoms with Gasteiger partial charge in [0.05, 0.1) is 12.1 Å². The molecular weight excluding hydrogens is 442 g/mol. The predicted octanol–water partition coefficient (Wildman–Crippen LogP) is 3.18. The molecule has 1 aliphatic heterocycles. The van der Waals surface area contributed by atoms with Gasteiger partial charge in [0, 0.05) is 47.7 Å². The fraction of sp³-hybridized carbons (Fsp3) is 0.583. The molecule has 2 aliphatic carbocycles. The van der Waals surface area contributed by atoms with Gasteiger partial charge in [0.1, 0.15) is 12.4 Å². The highest BCUT2D eigenvalue weighted by molar-refractivity contribution is 6.31. The van der Waals surface area contributed by atoms with Gasteiger partial charge in [-0.1, -0.05) is 11.6 Å². The Morgan fingerprint density at radius 2 is 2.00 bits per heavy atom. The number of ether oxygens (including phenoxy) is 1. The number of aromatic nitrogens is 3. The molecule has 3 heterocycles. The van der Waals surface area contributed by atoms with Crippen LogP contribution in [-0.4, -0.2) is 63.3 Å². The molecule has 8 nitrogen and oxygen atoms in total. The molecule has 2 fully saturated rings. The highest BCUT2D eigenvalue weighted by atomic mass is 35.5. The van der Waals surface area contributed by atoms with Gasteiger partial charge in [-0.05, 0) is 58.4 Å². The summed E-state index contributed by atoms with van der Waals surface area (Å²) in [6, 6.07) is 1.81. The van der Waals surface area contributed by atoms with Gasteiger partial charge in [-0.25, -0.2) is 9.78 Å². The van der Waals surface area contributed by atoms with Crippen LogP contribution in [0.15, 0.2) is 12.3 Å². The van der Waals surface area contributed by atoms with E-state index in [9.17, 15) is 9.59 Å². The minimum atomic E-state index is -0.390. The summed E-state index contributed by atoms with van der Waals surface area (Å²) >= 11 is 6.32. The van der Waals surface area contributed by atoms with Crippen molar-refractivity contribution in [3.63, 3.8) is 0 Å². The van der Waals surface area contributed by atoms with Crippen molar-refractivity contribution in [2.45, 2.75) is 64.5 Å². The zero-order valence-corrected chi connectivity index (χ0v) is 20.0. The van der Waals surface area contributed by atoms with Crippen LogP contribution in [0, 0.1) is 6.92 Å². The molecule has 1 saturated heterocycles. The molecular formula is C24H30ClN5O3. The average molecular weight is 472 g/mol. The maximum absolute atomic E-state index is 13.5. The van der Waals surface area contributed by atoms with E-state index in [2.05, 4.69) is 15.0 Å². The van der Waals surface area contributed by atoms with Crippen molar-refractivity contribution in [1.29, 1.82) is 0 Å². The van der Waals surface area contributed by atoms with Crippen molar-refractivity contribution in [2.75, 3.05) is 31.1 Å². The van der Waals surface area contributed by atoms with E-state index in [1.807, 2.05) is 17.9 Å². The standard InChI is InChI=1S/C24H30ClN5O3/c1-3-33-23(32)21-17-6-4-5-7-19(17)30(27-21)14-20(31)29-13-12-28(15-24(29)9-10-24)22-16(2)18(25)8-11-26-22/h8,11H,3-7,9-10,12-15H2,1-2H3. The smallest absolute Gasteiger partial charge is 0.359 e. The minimum Gasteiger partial charge on any atom is -0.461 e. The second kappa shape index (κ2) is 8.63. The van der Waals surface area contributed by atoms with E-state index in [0.717, 1.165) is 67.7 Å². The molecule has 1 saturated carbocycles. The summed E-state index contributed by atoms with van der Waals surface area (Å²) in [5.74, 6) is 0.578. The first-order valence-electron chi connectivity index (χ1n) is 11.9. The van der Waals surface area contributed by atoms with Gasteiger partial charge in [0.25, 0.3) is 0 Å². The molecule has 1 amide bonds. The number of anilines is 1. The SMILES string of the molecule is CCOC(=O)c1nn(CC(=O)N2CCN(c3nccc(Cl)c3C)CC23CC3)c2c1CCCC2. The minimum absolute atomic E-state index is 0.0641. The maximum Gasteiger partial charge on any atom is 0.359 e. The summed E-state index contributed by atoms with van der Waals surface area (Å²) < 4.78 is 6.97. The number of carbonyl (C=O) groups is 2. The third-order valence-electron chi connectivity index (χ3n) is 7.20. The maximum atomic E-state index is 13.5. The molecule has 0 radical (unpaired) electrons. The fourth-order valence-corrected chi connectivity index (χ4v) is 5.46. The van der Waals surface area contributed by atoms with Gasteiger partial charge < -0.3 is 14.5 Å². The molecule has 9 heteroatoms. The molecule has 33 heavy (non-hydrogen) atoms. The van der Waals surface area contributed by atoms with E-state index in [4.69, 9.17) is 16.3 Å². The molecule has 0 N–H and O–H groups in total. The lowest BCUT2D eigenvalue weighted by Gasteiger charge is -2.43. The number of nitrogens with zero attached hydrogens (tertiary/aromatic N) is 5. The summed E-state index contributed by atoms with van der Waals surface area (Å²) in [6.07, 6.45) is 7.44. The van der Waals surface area contributed by atoms with Crippen LogP contribution in [-0.2, 0) is 28.9 Å². The number of amides is 1. The van der Waals surface area contributed by atoms with Crippen LogP contribution in [0.4, 0.5) is 5.82 Å². The van der Waals surface area contributed by atoms with Gasteiger partial charge in [0.2, 0.25) is 5.91 Å². The summed E-state index contributed by atoms with van der Waals surface area (Å²) in [5.41, 5.74) is 3.18. The first-order chi connectivity index (χ1) is 15.9. The lowest BCUT2D eigenvalue weighted by Crippen LogP contribution is -2.58. The number of carbonyl (C=O) groups excluding carboxylic acids is 2. The first-order valence-corrected chi connectivity index (χ1v) is 12.2. The summed E-state index contributed by atoms with van der Waals surface area (Å²) in [6.45, 7) is 6.38. The second-order valence-corrected chi connectivity index (χ2v) is 9.70. The lowest BCUT2D eigenvalue weighted by atomic mass is 9.95. The van der Waals surface area contributed by atoms with Crippen molar-refractivity contribution < 1.29 is 14.3 Å². The Hall–Kier alpha value is -2.61. The van der Waals surface area contributed by atoms with Crippen LogP contribution in [0.3, 0.4) is 0 Å². The normalized spacial score (nSPS) is 18.9. The number of pyridine rings is 1. The fourth-order valence-electron chi connectivity index (χ4n) is 5.32. The molecule has 176 valence electrons. The van der Waals surface area contributed by atoms with Crippen LogP contribution in [0.5, 0.6) is 0 Å². The van der Waals surface area contributed by atoms with E-state index in [0.29, 0.717) is 30.4 Å². The molecule has 0 atom stereocenters. The Morgan fingerprint density at radius 3 is 2.76 bits per heavy atom. The predicted molar refractivity (Wildman–Crippen MR) is 125 cm³/mol. The van der Waals surface area contributed by atoms with Crippen LogP contribution in [0.2, 0.25) is 5.02 Å². The van der Waals surface area contributed by atoms with E-state index in [1.54, 1.807) is 17.8 Å². The number of fused-ring (bicyclic) bond motifs is 1. The van der Waals surface area contributed by atoms with Crippen molar-refractivity contribution in [3.8, 4) is 0 Å². The van der Waals surface area contributed by atoms with Gasteiger partial charge in [-0.3, -0.25) is 9.48 Å². The number of piperazine rings is 1. The number of rotatable bonds is 5. The van der Waals surface area contributed by atoms with E-state index >= 15 is 0 Å². The Morgan fingerprint density at radius 1 is 1.21 bits per heavy atom. The second-order valence-electron chi connectivity index (χ2n) is 9.29. The zero-order valence-electron chi connectivity index (χ0n) is 19.3. The largest absolute Gasteiger partial charge is 0.461 e. The number of halogens is 1. The monoisotopic (exact) mass is 471 g/mol. The van der Waals surface area contributed by atoms with E-state index in [1.165, 1.54) is 0 Å². The Labute approximate surface area is 198 Å². The van der Waals surface area contributed by atoms with Crippen molar-refractivity contribution in [2.24, 2.45) is 0 Å². The topological polar surface area (TPSA) is 80.6 Å². The lowest BCUT2D eigenvalue weighted by molar-refractivity contribution is -0.135. The number of hydrogen-bond donors (Lipinski definition) is 0.